The van der Waals surface area contributed by atoms with Crippen LogP contribution in [0, 0.1) is 6.92 Å². The molecule has 0 radical (unpaired) electrons. The molecule has 0 spiro atoms. The highest BCUT2D eigenvalue weighted by Crippen LogP contribution is 2.37. The number of ether oxygens (including phenoxy) is 2. The van der Waals surface area contributed by atoms with Gasteiger partial charge in [0.15, 0.2) is 0 Å². The lowest BCUT2D eigenvalue weighted by Crippen LogP contribution is -2.54. The number of esters is 1. The summed E-state index contributed by atoms with van der Waals surface area (Å²) in [6, 6.07) is 12.7. The van der Waals surface area contributed by atoms with Gasteiger partial charge < -0.3 is 25.0 Å². The van der Waals surface area contributed by atoms with E-state index in [-0.39, 0.29) is 11.9 Å². The number of rotatable bonds is 10. The lowest BCUT2D eigenvalue weighted by atomic mass is 9.99. The van der Waals surface area contributed by atoms with Crippen LogP contribution < -0.4 is 10.6 Å². The van der Waals surface area contributed by atoms with Gasteiger partial charge in [0.2, 0.25) is 11.9 Å². The molecule has 1 fully saturated rings. The highest BCUT2D eigenvalue weighted by atomic mass is 16.5. The Kier molecular flexibility index (Phi) is 9.20. The molecule has 1 atom stereocenters. The molecule has 1 aliphatic carbocycles. The molecule has 6 rings (SSSR count). The van der Waals surface area contributed by atoms with Gasteiger partial charge in [-0.25, -0.2) is 19.4 Å². The molecule has 238 valence electrons. The van der Waals surface area contributed by atoms with E-state index >= 15 is 0 Å². The van der Waals surface area contributed by atoms with Gasteiger partial charge in [-0.2, -0.15) is 5.10 Å². The van der Waals surface area contributed by atoms with Gasteiger partial charge in [-0.15, -0.1) is 0 Å². The van der Waals surface area contributed by atoms with Gasteiger partial charge >= 0.3 is 5.97 Å². The predicted molar refractivity (Wildman–Crippen MR) is 176 cm³/mol. The second-order valence-electron chi connectivity index (χ2n) is 11.5. The molecule has 2 N–H and O–H groups in total. The molecule has 1 saturated heterocycles. The molecule has 3 heterocycles. The van der Waals surface area contributed by atoms with Crippen LogP contribution in [0.5, 0.6) is 0 Å². The number of carbonyl (C=O) groups is 2. The fourth-order valence-electron chi connectivity index (χ4n) is 5.95. The molecule has 0 unspecified atom stereocenters. The number of hydrogen-bond donors (Lipinski definition) is 2. The maximum Gasteiger partial charge on any atom is 0.340 e. The molecular formula is C34H38N8O4. The van der Waals surface area contributed by atoms with Crippen molar-refractivity contribution in [2.45, 2.75) is 19.4 Å². The predicted octanol–water partition coefficient (Wildman–Crippen LogP) is 3.69. The van der Waals surface area contributed by atoms with E-state index in [0.717, 1.165) is 59.8 Å². The Hall–Kier alpha value is -4.91. The molecule has 1 aliphatic heterocycles. The molecule has 2 aromatic carbocycles. The van der Waals surface area contributed by atoms with E-state index in [1.165, 1.54) is 7.11 Å². The van der Waals surface area contributed by atoms with Gasteiger partial charge in [0, 0.05) is 50.7 Å². The zero-order chi connectivity index (χ0) is 32.2. The van der Waals surface area contributed by atoms with Crippen LogP contribution in [0.2, 0.25) is 0 Å². The average Bonchev–Trinajstić information content (AvgIpc) is 3.72. The molecule has 46 heavy (non-hydrogen) atoms. The smallest absolute Gasteiger partial charge is 0.340 e. The largest absolute Gasteiger partial charge is 0.465 e. The zero-order valence-corrected chi connectivity index (χ0v) is 26.5. The molecule has 1 amide bonds. The van der Waals surface area contributed by atoms with E-state index in [0.29, 0.717) is 35.9 Å². The first-order valence-electron chi connectivity index (χ1n) is 15.2. The number of nitrogens with one attached hydrogen (secondary N) is 2. The number of amides is 1. The summed E-state index contributed by atoms with van der Waals surface area (Å²) >= 11 is 0. The van der Waals surface area contributed by atoms with Gasteiger partial charge in [-0.05, 0) is 55.3 Å². The maximum atomic E-state index is 13.5. The lowest BCUT2D eigenvalue weighted by molar-refractivity contribution is -0.124. The topological polar surface area (TPSA) is 127 Å². The number of aromatic nitrogens is 4. The Morgan fingerprint density at radius 1 is 1.02 bits per heavy atom. The highest BCUT2D eigenvalue weighted by molar-refractivity contribution is 5.98. The van der Waals surface area contributed by atoms with Gasteiger partial charge in [0.05, 0.1) is 48.7 Å². The number of para-hydroxylation sites is 1. The van der Waals surface area contributed by atoms with E-state index in [9.17, 15) is 9.59 Å². The Balaban J connectivity index is 1.20. The van der Waals surface area contributed by atoms with Crippen molar-refractivity contribution in [2.24, 2.45) is 0 Å². The average molecular weight is 623 g/mol. The summed E-state index contributed by atoms with van der Waals surface area (Å²) in [6.07, 6.45) is 8.02. The molecule has 2 aromatic heterocycles. The summed E-state index contributed by atoms with van der Waals surface area (Å²) in [5.74, 6) is -0.0905. The van der Waals surface area contributed by atoms with Crippen molar-refractivity contribution >= 4 is 34.8 Å². The Morgan fingerprint density at radius 2 is 1.83 bits per heavy atom. The third-order valence-corrected chi connectivity index (χ3v) is 8.46. The van der Waals surface area contributed by atoms with Crippen molar-refractivity contribution in [3.05, 3.63) is 95.1 Å². The number of hydrogen-bond acceptors (Lipinski definition) is 10. The number of likely N-dealkylation sites (N-methyl/N-ethyl adjacent to an activating group) is 1. The SMILES string of the molecule is COC[C@H](C(=O)Nc1cccc2c1CC=C2c1nc(Nc2cnn(-c3ccccc3C(=O)OC)c2)ncc1C)N1CCN(C)CC1. The van der Waals surface area contributed by atoms with Crippen LogP contribution in [0.3, 0.4) is 0 Å². The fraction of sp³-hybridized carbons (Fsp3) is 0.324. The summed E-state index contributed by atoms with van der Waals surface area (Å²) < 4.78 is 12.0. The van der Waals surface area contributed by atoms with Crippen molar-refractivity contribution in [1.82, 2.24) is 29.5 Å². The van der Waals surface area contributed by atoms with E-state index in [2.05, 4.69) is 49.7 Å². The lowest BCUT2D eigenvalue weighted by Gasteiger charge is -2.36. The summed E-state index contributed by atoms with van der Waals surface area (Å²) in [7, 11) is 5.09. The van der Waals surface area contributed by atoms with Crippen LogP contribution in [0.25, 0.3) is 11.3 Å². The molecule has 2 aliphatic rings. The van der Waals surface area contributed by atoms with Gasteiger partial charge in [0.25, 0.3) is 0 Å². The number of methoxy groups -OCH3 is 2. The highest BCUT2D eigenvalue weighted by Gasteiger charge is 2.30. The molecule has 12 heteroatoms. The van der Waals surface area contributed by atoms with Gasteiger partial charge in [-0.3, -0.25) is 9.69 Å². The monoisotopic (exact) mass is 622 g/mol. The molecule has 0 saturated carbocycles. The minimum Gasteiger partial charge on any atom is -0.465 e. The quantitative estimate of drug-likeness (QED) is 0.253. The summed E-state index contributed by atoms with van der Waals surface area (Å²) in [5, 5.41) is 10.9. The molecule has 12 nitrogen and oxygen atoms in total. The first kappa shape index (κ1) is 31.1. The molecule has 4 aromatic rings. The van der Waals surface area contributed by atoms with Crippen molar-refractivity contribution in [3.63, 3.8) is 0 Å². The van der Waals surface area contributed by atoms with Crippen molar-refractivity contribution in [1.29, 1.82) is 0 Å². The second-order valence-corrected chi connectivity index (χ2v) is 11.5. The fourth-order valence-corrected chi connectivity index (χ4v) is 5.95. The van der Waals surface area contributed by atoms with Gasteiger partial charge in [-0.1, -0.05) is 30.3 Å². The number of anilines is 3. The van der Waals surface area contributed by atoms with Crippen LogP contribution in [0.1, 0.15) is 32.7 Å². The van der Waals surface area contributed by atoms with Crippen LogP contribution in [-0.4, -0.2) is 102 Å². The minimum atomic E-state index is -0.440. The number of piperazine rings is 1. The maximum absolute atomic E-state index is 13.5. The summed E-state index contributed by atoms with van der Waals surface area (Å²) in [5.41, 5.74) is 7.27. The number of carbonyl (C=O) groups excluding carboxylic acids is 2. The number of nitrogens with zero attached hydrogens (tertiary/aromatic N) is 6. The van der Waals surface area contributed by atoms with Crippen LogP contribution >= 0.6 is 0 Å². The normalized spacial score (nSPS) is 15.6. The first-order chi connectivity index (χ1) is 22.4. The number of allylic oxidation sites excluding steroid dienone is 1. The van der Waals surface area contributed by atoms with E-state index < -0.39 is 5.97 Å². The molecule has 0 bridgehead atoms. The number of fused-ring (bicyclic) bond motifs is 1. The zero-order valence-electron chi connectivity index (χ0n) is 26.5. The van der Waals surface area contributed by atoms with Crippen LogP contribution in [0.4, 0.5) is 17.3 Å². The van der Waals surface area contributed by atoms with Crippen molar-refractivity contribution < 1.29 is 19.1 Å². The number of benzene rings is 2. The van der Waals surface area contributed by atoms with Crippen molar-refractivity contribution in [3.8, 4) is 5.69 Å². The van der Waals surface area contributed by atoms with Gasteiger partial charge in [0.1, 0.15) is 6.04 Å². The Labute approximate surface area is 268 Å². The summed E-state index contributed by atoms with van der Waals surface area (Å²) in [6.45, 7) is 5.80. The van der Waals surface area contributed by atoms with Crippen molar-refractivity contribution in [2.75, 3.05) is 64.7 Å². The third-order valence-electron chi connectivity index (χ3n) is 8.46. The van der Waals surface area contributed by atoms with E-state index in [4.69, 9.17) is 14.5 Å². The first-order valence-corrected chi connectivity index (χ1v) is 15.2. The van der Waals surface area contributed by atoms with Crippen LogP contribution in [0.15, 0.2) is 67.1 Å². The minimum absolute atomic E-state index is 0.0623. The standard InChI is InChI=1S/C34H38N8O4/c1-22-18-35-34(37-23-19-36-42(20-23)29-11-6-5-8-27(29)33(44)46-4)39-31(22)26-13-12-25-24(26)9-7-10-28(25)38-32(43)30(21-45-3)41-16-14-40(2)15-17-41/h5-11,13,18-20,30H,12,14-17,21H2,1-4H3,(H,38,43)(H,35,37,39)/t30-/m1/s1. The Bertz CT molecular complexity index is 1780. The number of aryl methyl sites for hydroxylation is 1. The summed E-state index contributed by atoms with van der Waals surface area (Å²) in [4.78, 5) is 39.7. The van der Waals surface area contributed by atoms with E-state index in [1.807, 2.05) is 25.1 Å². The van der Waals surface area contributed by atoms with Crippen LogP contribution in [-0.2, 0) is 20.7 Å². The van der Waals surface area contributed by atoms with E-state index in [1.54, 1.807) is 48.6 Å². The molecular weight excluding hydrogens is 584 g/mol. The second kappa shape index (κ2) is 13.6. The third kappa shape index (κ3) is 6.41. The Morgan fingerprint density at radius 3 is 2.61 bits per heavy atom.